The van der Waals surface area contributed by atoms with Gasteiger partial charge in [-0.1, -0.05) is 12.1 Å². The van der Waals surface area contributed by atoms with Gasteiger partial charge in [0.25, 0.3) is 0 Å². The van der Waals surface area contributed by atoms with Crippen LogP contribution in [-0.2, 0) is 12.8 Å². The summed E-state index contributed by atoms with van der Waals surface area (Å²) in [6.45, 7) is 0. The van der Waals surface area contributed by atoms with Crippen LogP contribution in [0.3, 0.4) is 0 Å². The van der Waals surface area contributed by atoms with Crippen molar-refractivity contribution in [3.8, 4) is 11.1 Å². The Morgan fingerprint density at radius 1 is 0.688 bits per heavy atom. The Balaban J connectivity index is 2.23. The zero-order valence-corrected chi connectivity index (χ0v) is 10.6. The fourth-order valence-corrected chi connectivity index (χ4v) is 2.83. The number of hydrogen-bond acceptors (Lipinski definition) is 2. The van der Waals surface area contributed by atoms with Gasteiger partial charge in [0.15, 0.2) is 0 Å². The molecule has 0 nitrogen and oxygen atoms in total. The van der Waals surface area contributed by atoms with Crippen LogP contribution in [0.2, 0.25) is 0 Å². The van der Waals surface area contributed by atoms with Crippen molar-refractivity contribution in [2.24, 2.45) is 0 Å². The first-order chi connectivity index (χ1) is 7.74. The summed E-state index contributed by atoms with van der Waals surface area (Å²) in [5.74, 6) is 0. The molecule has 0 aromatic heterocycles. The SMILES string of the molecule is Sc1ccc2c(c1)CCc1cc(S)ccc1-2. The minimum absolute atomic E-state index is 1.05. The highest BCUT2D eigenvalue weighted by Crippen LogP contribution is 2.35. The molecule has 0 N–H and O–H groups in total. The van der Waals surface area contributed by atoms with Gasteiger partial charge in [0, 0.05) is 9.79 Å². The van der Waals surface area contributed by atoms with Gasteiger partial charge in [0.2, 0.25) is 0 Å². The molecule has 2 heteroatoms. The van der Waals surface area contributed by atoms with Crippen molar-refractivity contribution in [1.82, 2.24) is 0 Å². The van der Waals surface area contributed by atoms with E-state index in [1.807, 2.05) is 0 Å². The zero-order valence-electron chi connectivity index (χ0n) is 8.77. The Bertz CT molecular complexity index is 507. The van der Waals surface area contributed by atoms with E-state index < -0.39 is 0 Å². The topological polar surface area (TPSA) is 0 Å². The van der Waals surface area contributed by atoms with E-state index in [4.69, 9.17) is 0 Å². The van der Waals surface area contributed by atoms with Crippen LogP contribution in [0.15, 0.2) is 46.2 Å². The van der Waals surface area contributed by atoms with E-state index in [1.165, 1.54) is 22.3 Å². The second kappa shape index (κ2) is 3.86. The van der Waals surface area contributed by atoms with Gasteiger partial charge in [-0.05, 0) is 59.4 Å². The Labute approximate surface area is 107 Å². The summed E-state index contributed by atoms with van der Waals surface area (Å²) in [5.41, 5.74) is 5.53. The van der Waals surface area contributed by atoms with Crippen LogP contribution in [0.5, 0.6) is 0 Å². The van der Waals surface area contributed by atoms with E-state index in [2.05, 4.69) is 61.7 Å². The normalized spacial score (nSPS) is 13.1. The van der Waals surface area contributed by atoms with Crippen LogP contribution in [0, 0.1) is 0 Å². The molecular formula is C14H12S2. The summed E-state index contributed by atoms with van der Waals surface area (Å²) in [4.78, 5) is 2.10. The third-order valence-electron chi connectivity index (χ3n) is 3.13. The lowest BCUT2D eigenvalue weighted by atomic mass is 9.86. The van der Waals surface area contributed by atoms with Gasteiger partial charge in [0.1, 0.15) is 0 Å². The Morgan fingerprint density at radius 2 is 1.12 bits per heavy atom. The molecule has 0 saturated carbocycles. The molecule has 16 heavy (non-hydrogen) atoms. The largest absolute Gasteiger partial charge is 0.143 e. The van der Waals surface area contributed by atoms with Crippen LogP contribution < -0.4 is 0 Å². The van der Waals surface area contributed by atoms with Gasteiger partial charge in [-0.3, -0.25) is 0 Å². The standard InChI is InChI=1S/C14H12S2/c15-11-3-5-13-9(7-11)1-2-10-8-12(16)4-6-14(10)13/h3-8,15-16H,1-2H2. The third-order valence-corrected chi connectivity index (χ3v) is 3.69. The second-order valence-corrected chi connectivity index (χ2v) is 5.22. The van der Waals surface area contributed by atoms with Crippen molar-refractivity contribution in [3.63, 3.8) is 0 Å². The Morgan fingerprint density at radius 3 is 1.56 bits per heavy atom. The Hall–Kier alpha value is -0.860. The Kier molecular flexibility index (Phi) is 2.49. The maximum atomic E-state index is 4.39. The lowest BCUT2D eigenvalue weighted by Gasteiger charge is -2.20. The lowest BCUT2D eigenvalue weighted by Crippen LogP contribution is -2.03. The molecule has 0 saturated heterocycles. The predicted molar refractivity (Wildman–Crippen MR) is 73.8 cm³/mol. The second-order valence-electron chi connectivity index (χ2n) is 4.18. The maximum absolute atomic E-state index is 4.39. The van der Waals surface area contributed by atoms with E-state index >= 15 is 0 Å². The maximum Gasteiger partial charge on any atom is 0.00431 e. The minimum Gasteiger partial charge on any atom is -0.143 e. The lowest BCUT2D eigenvalue weighted by molar-refractivity contribution is 0.932. The van der Waals surface area contributed by atoms with Crippen molar-refractivity contribution < 1.29 is 0 Å². The average molecular weight is 244 g/mol. The molecule has 0 bridgehead atoms. The number of fused-ring (bicyclic) bond motifs is 3. The van der Waals surface area contributed by atoms with Crippen LogP contribution in [0.25, 0.3) is 11.1 Å². The van der Waals surface area contributed by atoms with Crippen LogP contribution in [0.4, 0.5) is 0 Å². The van der Waals surface area contributed by atoms with E-state index in [-0.39, 0.29) is 0 Å². The molecule has 2 aromatic carbocycles. The highest BCUT2D eigenvalue weighted by Gasteiger charge is 2.15. The molecule has 0 unspecified atom stereocenters. The average Bonchev–Trinajstić information content (AvgIpc) is 2.28. The molecule has 0 heterocycles. The molecule has 1 aliphatic carbocycles. The summed E-state index contributed by atoms with van der Waals surface area (Å²) in [6.07, 6.45) is 2.21. The summed E-state index contributed by atoms with van der Waals surface area (Å²) in [5, 5.41) is 0. The van der Waals surface area contributed by atoms with E-state index in [0.29, 0.717) is 0 Å². The highest BCUT2D eigenvalue weighted by atomic mass is 32.1. The molecule has 1 aliphatic rings. The quantitative estimate of drug-likeness (QED) is 0.642. The zero-order chi connectivity index (χ0) is 11.1. The molecule has 0 spiro atoms. The number of rotatable bonds is 0. The highest BCUT2D eigenvalue weighted by molar-refractivity contribution is 7.80. The third kappa shape index (κ3) is 1.66. The molecule has 0 amide bonds. The number of benzene rings is 2. The van der Waals surface area contributed by atoms with Gasteiger partial charge in [-0.2, -0.15) is 0 Å². The van der Waals surface area contributed by atoms with E-state index in [9.17, 15) is 0 Å². The van der Waals surface area contributed by atoms with Crippen molar-refractivity contribution in [3.05, 3.63) is 47.5 Å². The fourth-order valence-electron chi connectivity index (χ4n) is 2.37. The van der Waals surface area contributed by atoms with Gasteiger partial charge in [-0.25, -0.2) is 0 Å². The number of hydrogen-bond donors (Lipinski definition) is 2. The number of thiol groups is 2. The minimum atomic E-state index is 1.05. The van der Waals surface area contributed by atoms with Crippen LogP contribution in [0.1, 0.15) is 11.1 Å². The molecule has 80 valence electrons. The summed E-state index contributed by atoms with van der Waals surface area (Å²) in [7, 11) is 0. The first-order valence-corrected chi connectivity index (χ1v) is 6.27. The van der Waals surface area contributed by atoms with Gasteiger partial charge in [-0.15, -0.1) is 25.3 Å². The van der Waals surface area contributed by atoms with Crippen molar-refractivity contribution >= 4 is 25.3 Å². The van der Waals surface area contributed by atoms with Gasteiger partial charge in [0.05, 0.1) is 0 Å². The van der Waals surface area contributed by atoms with E-state index in [1.54, 1.807) is 0 Å². The van der Waals surface area contributed by atoms with Crippen molar-refractivity contribution in [2.45, 2.75) is 22.6 Å². The van der Waals surface area contributed by atoms with Crippen LogP contribution in [-0.4, -0.2) is 0 Å². The summed E-state index contributed by atoms with van der Waals surface area (Å²) >= 11 is 8.79. The summed E-state index contributed by atoms with van der Waals surface area (Å²) in [6, 6.07) is 12.8. The van der Waals surface area contributed by atoms with Crippen molar-refractivity contribution in [2.75, 3.05) is 0 Å². The van der Waals surface area contributed by atoms with E-state index in [0.717, 1.165) is 22.6 Å². The summed E-state index contributed by atoms with van der Waals surface area (Å²) < 4.78 is 0. The first kappa shape index (κ1) is 10.3. The smallest absolute Gasteiger partial charge is 0.00431 e. The van der Waals surface area contributed by atoms with Gasteiger partial charge >= 0.3 is 0 Å². The van der Waals surface area contributed by atoms with Crippen molar-refractivity contribution in [1.29, 1.82) is 0 Å². The molecular weight excluding hydrogens is 232 g/mol. The fraction of sp³-hybridized carbons (Fsp3) is 0.143. The molecule has 3 rings (SSSR count). The first-order valence-electron chi connectivity index (χ1n) is 5.38. The molecule has 2 aromatic rings. The molecule has 0 radical (unpaired) electrons. The number of aryl methyl sites for hydroxylation is 2. The molecule has 0 atom stereocenters. The molecule has 0 aliphatic heterocycles. The monoisotopic (exact) mass is 244 g/mol. The van der Waals surface area contributed by atoms with Crippen LogP contribution >= 0.6 is 25.3 Å². The molecule has 0 fully saturated rings. The van der Waals surface area contributed by atoms with Gasteiger partial charge < -0.3 is 0 Å². The predicted octanol–water partition coefficient (Wildman–Crippen LogP) is 4.03.